The molecule has 1 aliphatic rings. The normalized spacial score (nSPS) is 15.9. The number of carbonyl (C=O) groups excluding carboxylic acids is 1. The van der Waals surface area contributed by atoms with Gasteiger partial charge >= 0.3 is 6.09 Å². The molecule has 1 aromatic rings. The van der Waals surface area contributed by atoms with Gasteiger partial charge in [-0.3, -0.25) is 0 Å². The van der Waals surface area contributed by atoms with Gasteiger partial charge in [-0.1, -0.05) is 12.0 Å². The highest BCUT2D eigenvalue weighted by Crippen LogP contribution is 2.15. The Morgan fingerprint density at radius 2 is 2.40 bits per heavy atom. The van der Waals surface area contributed by atoms with Crippen LogP contribution in [0.5, 0.6) is 0 Å². The van der Waals surface area contributed by atoms with E-state index in [1.165, 1.54) is 0 Å². The molecule has 2 rings (SSSR count). The fraction of sp³-hybridized carbons (Fsp3) is 0.375. The van der Waals surface area contributed by atoms with E-state index in [4.69, 9.17) is 4.74 Å². The molecule has 0 bridgehead atoms. The van der Waals surface area contributed by atoms with Crippen LogP contribution in [0.2, 0.25) is 0 Å². The van der Waals surface area contributed by atoms with Crippen LogP contribution in [0.15, 0.2) is 29.8 Å². The van der Waals surface area contributed by atoms with Crippen molar-refractivity contribution in [1.29, 1.82) is 0 Å². The molecular weight excluding hydrogens is 252 g/mol. The minimum Gasteiger partial charge on any atom is -0.450 e. The van der Waals surface area contributed by atoms with E-state index in [9.17, 15) is 4.79 Å². The van der Waals surface area contributed by atoms with Crippen molar-refractivity contribution in [3.8, 4) is 11.8 Å². The minimum absolute atomic E-state index is 0.246. The number of aryl methyl sites for hydroxylation is 1. The second-order valence-electron chi connectivity index (χ2n) is 4.61. The van der Waals surface area contributed by atoms with E-state index < -0.39 is 0 Å². The summed E-state index contributed by atoms with van der Waals surface area (Å²) >= 11 is 0. The van der Waals surface area contributed by atoms with Gasteiger partial charge in [0.2, 0.25) is 0 Å². The average molecular weight is 270 g/mol. The van der Waals surface area contributed by atoms with Crippen LogP contribution in [0.3, 0.4) is 0 Å². The van der Waals surface area contributed by atoms with Crippen LogP contribution in [0.4, 0.5) is 4.79 Å². The van der Waals surface area contributed by atoms with Gasteiger partial charge in [-0.05, 0) is 50.0 Å². The van der Waals surface area contributed by atoms with Crippen LogP contribution < -0.4 is 0 Å². The molecule has 1 saturated heterocycles. The highest BCUT2D eigenvalue weighted by atomic mass is 16.6. The van der Waals surface area contributed by atoms with E-state index in [-0.39, 0.29) is 6.09 Å². The number of hydrogen-bond acceptors (Lipinski definition) is 3. The van der Waals surface area contributed by atoms with E-state index in [2.05, 4.69) is 16.8 Å². The highest BCUT2D eigenvalue weighted by Gasteiger charge is 2.21. The summed E-state index contributed by atoms with van der Waals surface area (Å²) in [5.41, 5.74) is 2.87. The molecule has 1 fully saturated rings. The summed E-state index contributed by atoms with van der Waals surface area (Å²) in [4.78, 5) is 17.6. The number of hydrogen-bond donors (Lipinski definition) is 0. The van der Waals surface area contributed by atoms with Crippen molar-refractivity contribution in [2.24, 2.45) is 0 Å². The molecule has 0 atom stereocenters. The standard InChI is InChI=1S/C16H18N2O2/c1-3-20-16(19)18-11-10-14(12-18)7-5-9-15-8-4-6-13(2)17-15/h4,6-8H,3,10-12H2,1-2H3/b14-7-. The van der Waals surface area contributed by atoms with Crippen molar-refractivity contribution in [3.05, 3.63) is 41.2 Å². The summed E-state index contributed by atoms with van der Waals surface area (Å²) in [5, 5.41) is 0. The largest absolute Gasteiger partial charge is 0.450 e. The average Bonchev–Trinajstić information content (AvgIpc) is 2.88. The molecule has 0 saturated carbocycles. The van der Waals surface area contributed by atoms with E-state index in [1.54, 1.807) is 4.90 Å². The van der Waals surface area contributed by atoms with Gasteiger partial charge in [-0.2, -0.15) is 0 Å². The van der Waals surface area contributed by atoms with Crippen LogP contribution >= 0.6 is 0 Å². The molecule has 0 aliphatic carbocycles. The lowest BCUT2D eigenvalue weighted by molar-refractivity contribution is 0.116. The summed E-state index contributed by atoms with van der Waals surface area (Å²) in [6.07, 6.45) is 2.49. The Morgan fingerprint density at radius 3 is 3.15 bits per heavy atom. The zero-order valence-electron chi connectivity index (χ0n) is 11.8. The smallest absolute Gasteiger partial charge is 0.410 e. The number of ether oxygens (including phenoxy) is 1. The molecule has 4 nitrogen and oxygen atoms in total. The predicted molar refractivity (Wildman–Crippen MR) is 77.1 cm³/mol. The fourth-order valence-electron chi connectivity index (χ4n) is 1.99. The number of aromatic nitrogens is 1. The Hall–Kier alpha value is -2.28. The maximum absolute atomic E-state index is 11.6. The Kier molecular flexibility index (Phi) is 4.78. The molecule has 0 aromatic carbocycles. The number of rotatable bonds is 1. The highest BCUT2D eigenvalue weighted by molar-refractivity contribution is 5.68. The van der Waals surface area contributed by atoms with Gasteiger partial charge in [0.15, 0.2) is 0 Å². The quantitative estimate of drug-likeness (QED) is 0.736. The van der Waals surface area contributed by atoms with Crippen LogP contribution in [-0.2, 0) is 4.74 Å². The summed E-state index contributed by atoms with van der Waals surface area (Å²) in [7, 11) is 0. The minimum atomic E-state index is -0.246. The summed E-state index contributed by atoms with van der Waals surface area (Å²) < 4.78 is 4.97. The number of pyridine rings is 1. The first kappa shape index (κ1) is 14.1. The van der Waals surface area contributed by atoms with Crippen LogP contribution in [0.25, 0.3) is 0 Å². The molecule has 20 heavy (non-hydrogen) atoms. The number of amides is 1. The third-order valence-electron chi connectivity index (χ3n) is 2.99. The lowest BCUT2D eigenvalue weighted by Crippen LogP contribution is -2.28. The third kappa shape index (κ3) is 3.86. The third-order valence-corrected chi connectivity index (χ3v) is 2.99. The van der Waals surface area contributed by atoms with Crippen molar-refractivity contribution >= 4 is 6.09 Å². The van der Waals surface area contributed by atoms with Gasteiger partial charge in [-0.15, -0.1) is 0 Å². The Morgan fingerprint density at radius 1 is 1.55 bits per heavy atom. The van der Waals surface area contributed by atoms with E-state index in [0.717, 1.165) is 23.4 Å². The number of likely N-dealkylation sites (tertiary alicyclic amines) is 1. The van der Waals surface area contributed by atoms with Gasteiger partial charge in [0.25, 0.3) is 0 Å². The lowest BCUT2D eigenvalue weighted by atomic mass is 10.2. The zero-order chi connectivity index (χ0) is 14.4. The van der Waals surface area contributed by atoms with Gasteiger partial charge in [0.05, 0.1) is 6.61 Å². The summed E-state index contributed by atoms with van der Waals surface area (Å²) in [6.45, 7) is 5.47. The zero-order valence-corrected chi connectivity index (χ0v) is 11.8. The molecule has 0 unspecified atom stereocenters. The first-order chi connectivity index (χ1) is 9.69. The summed E-state index contributed by atoms with van der Waals surface area (Å²) in [6, 6.07) is 5.77. The molecule has 1 aromatic heterocycles. The molecule has 1 aliphatic heterocycles. The first-order valence-electron chi connectivity index (χ1n) is 6.74. The van der Waals surface area contributed by atoms with Gasteiger partial charge < -0.3 is 9.64 Å². The fourth-order valence-corrected chi connectivity index (χ4v) is 1.99. The van der Waals surface area contributed by atoms with Crippen LogP contribution in [0, 0.1) is 18.8 Å². The topological polar surface area (TPSA) is 42.4 Å². The molecule has 0 spiro atoms. The second kappa shape index (κ2) is 6.76. The Labute approximate surface area is 119 Å². The lowest BCUT2D eigenvalue weighted by Gasteiger charge is -2.13. The monoisotopic (exact) mass is 270 g/mol. The Balaban J connectivity index is 1.96. The van der Waals surface area contributed by atoms with Crippen LogP contribution in [-0.4, -0.2) is 35.7 Å². The maximum Gasteiger partial charge on any atom is 0.410 e. The molecule has 2 heterocycles. The SMILES string of the molecule is CCOC(=O)N1CC/C(=C/C#Cc2cccc(C)n2)C1. The van der Waals surface area contributed by atoms with Gasteiger partial charge in [0.1, 0.15) is 5.69 Å². The van der Waals surface area contributed by atoms with E-state index in [0.29, 0.717) is 19.7 Å². The van der Waals surface area contributed by atoms with Crippen molar-refractivity contribution in [2.45, 2.75) is 20.3 Å². The van der Waals surface area contributed by atoms with Gasteiger partial charge in [-0.25, -0.2) is 9.78 Å². The molecule has 1 amide bonds. The van der Waals surface area contributed by atoms with Crippen molar-refractivity contribution < 1.29 is 9.53 Å². The van der Waals surface area contributed by atoms with Gasteiger partial charge in [0, 0.05) is 18.8 Å². The van der Waals surface area contributed by atoms with Crippen LogP contribution in [0.1, 0.15) is 24.7 Å². The van der Waals surface area contributed by atoms with Crippen molar-refractivity contribution in [1.82, 2.24) is 9.88 Å². The Bertz CT molecular complexity index is 582. The molecule has 0 radical (unpaired) electrons. The molecular formula is C16H18N2O2. The van der Waals surface area contributed by atoms with E-state index >= 15 is 0 Å². The first-order valence-corrected chi connectivity index (χ1v) is 6.74. The molecule has 4 heteroatoms. The number of nitrogens with zero attached hydrogens (tertiary/aromatic N) is 2. The second-order valence-corrected chi connectivity index (χ2v) is 4.61. The predicted octanol–water partition coefficient (Wildman–Crippen LogP) is 2.53. The molecule has 0 N–H and O–H groups in total. The number of allylic oxidation sites excluding steroid dienone is 1. The number of carbonyl (C=O) groups is 1. The van der Waals surface area contributed by atoms with Crippen molar-refractivity contribution in [3.63, 3.8) is 0 Å². The van der Waals surface area contributed by atoms with Crippen molar-refractivity contribution in [2.75, 3.05) is 19.7 Å². The van der Waals surface area contributed by atoms with E-state index in [1.807, 2.05) is 38.1 Å². The molecule has 104 valence electrons. The maximum atomic E-state index is 11.6. The summed E-state index contributed by atoms with van der Waals surface area (Å²) in [5.74, 6) is 6.02.